The molecular weight excluding hydrogens is 414 g/mol. The normalized spacial score (nSPS) is 18.0. The van der Waals surface area contributed by atoms with Crippen molar-refractivity contribution in [3.05, 3.63) is 41.8 Å². The standard InChI is InChI=1S/C24H29N9/c1-4-20-30-18-9-6-16(10-19(18)33(20)17-7-8-17)29-22-21-24(28-13-27-22)32(5-2)23(31-21)15-11-25-14(3)26-12-15/h11-13,16-17H,4-10H2,1-3H3,(H,27,28,29)/t16-/m1/s1. The lowest BCUT2D eigenvalue weighted by molar-refractivity contribution is 0.559. The Hall–Kier alpha value is -3.36. The molecule has 4 aromatic rings. The molecule has 2 aliphatic rings. The van der Waals surface area contributed by atoms with Crippen LogP contribution in [0.1, 0.15) is 62.2 Å². The van der Waals surface area contributed by atoms with Crippen LogP contribution in [0.15, 0.2) is 18.7 Å². The largest absolute Gasteiger partial charge is 0.365 e. The quantitative estimate of drug-likeness (QED) is 0.485. The van der Waals surface area contributed by atoms with Crippen molar-refractivity contribution in [1.29, 1.82) is 0 Å². The van der Waals surface area contributed by atoms with E-state index in [0.717, 1.165) is 66.4 Å². The van der Waals surface area contributed by atoms with Gasteiger partial charge in [-0.3, -0.25) is 0 Å². The zero-order valence-electron chi connectivity index (χ0n) is 19.4. The van der Waals surface area contributed by atoms with Crippen LogP contribution in [-0.4, -0.2) is 45.1 Å². The third-order valence-electron chi connectivity index (χ3n) is 6.79. The molecule has 0 radical (unpaired) electrons. The molecule has 0 aliphatic heterocycles. The van der Waals surface area contributed by atoms with E-state index in [-0.39, 0.29) is 0 Å². The lowest BCUT2D eigenvalue weighted by atomic mass is 9.95. The second kappa shape index (κ2) is 7.90. The van der Waals surface area contributed by atoms with E-state index in [1.807, 2.05) is 19.3 Å². The number of hydrogen-bond acceptors (Lipinski definition) is 7. The van der Waals surface area contributed by atoms with Crippen molar-refractivity contribution < 1.29 is 0 Å². The number of aryl methyl sites for hydroxylation is 4. The summed E-state index contributed by atoms with van der Waals surface area (Å²) in [5.74, 6) is 3.61. The highest BCUT2D eigenvalue weighted by Gasteiger charge is 2.33. The van der Waals surface area contributed by atoms with Crippen LogP contribution in [0, 0.1) is 6.92 Å². The molecule has 9 nitrogen and oxygen atoms in total. The number of fused-ring (bicyclic) bond motifs is 2. The molecule has 4 heterocycles. The fourth-order valence-electron chi connectivity index (χ4n) is 5.03. The monoisotopic (exact) mass is 443 g/mol. The Balaban J connectivity index is 1.34. The summed E-state index contributed by atoms with van der Waals surface area (Å²) < 4.78 is 4.63. The number of nitrogens with zero attached hydrogens (tertiary/aromatic N) is 8. The van der Waals surface area contributed by atoms with E-state index in [4.69, 9.17) is 9.97 Å². The van der Waals surface area contributed by atoms with Gasteiger partial charge in [-0.05, 0) is 39.5 Å². The van der Waals surface area contributed by atoms with Gasteiger partial charge in [0.15, 0.2) is 17.0 Å². The Morgan fingerprint density at radius 2 is 1.85 bits per heavy atom. The summed E-state index contributed by atoms with van der Waals surface area (Å²) in [6.45, 7) is 6.94. The van der Waals surface area contributed by atoms with Gasteiger partial charge in [-0.25, -0.2) is 29.9 Å². The third-order valence-corrected chi connectivity index (χ3v) is 6.79. The van der Waals surface area contributed by atoms with Gasteiger partial charge in [0.05, 0.1) is 11.3 Å². The summed E-state index contributed by atoms with van der Waals surface area (Å²) >= 11 is 0. The maximum absolute atomic E-state index is 4.97. The van der Waals surface area contributed by atoms with E-state index < -0.39 is 0 Å². The second-order valence-electron chi connectivity index (χ2n) is 9.05. The molecule has 0 amide bonds. The number of nitrogens with one attached hydrogen (secondary N) is 1. The Kier molecular flexibility index (Phi) is 4.85. The molecule has 1 saturated carbocycles. The van der Waals surface area contributed by atoms with Crippen molar-refractivity contribution in [2.75, 3.05) is 5.32 Å². The number of anilines is 1. The smallest absolute Gasteiger partial charge is 0.165 e. The zero-order valence-corrected chi connectivity index (χ0v) is 19.4. The highest BCUT2D eigenvalue weighted by atomic mass is 15.2. The van der Waals surface area contributed by atoms with Crippen LogP contribution < -0.4 is 5.32 Å². The molecule has 1 fully saturated rings. The molecule has 170 valence electrons. The summed E-state index contributed by atoms with van der Waals surface area (Å²) in [5, 5.41) is 3.70. The van der Waals surface area contributed by atoms with Gasteiger partial charge in [0.2, 0.25) is 0 Å². The fourth-order valence-corrected chi connectivity index (χ4v) is 5.03. The first-order chi connectivity index (χ1) is 16.2. The van der Waals surface area contributed by atoms with Gasteiger partial charge in [-0.15, -0.1) is 0 Å². The predicted octanol–water partition coefficient (Wildman–Crippen LogP) is 3.67. The summed E-state index contributed by atoms with van der Waals surface area (Å²) in [7, 11) is 0. The third kappa shape index (κ3) is 3.46. The number of rotatable bonds is 6. The Morgan fingerprint density at radius 1 is 1.03 bits per heavy atom. The van der Waals surface area contributed by atoms with E-state index in [1.54, 1.807) is 6.33 Å². The Bertz CT molecular complexity index is 1310. The predicted molar refractivity (Wildman–Crippen MR) is 126 cm³/mol. The zero-order chi connectivity index (χ0) is 22.5. The SMILES string of the molecule is CCc1nc2c(n1C1CC1)C[C@H](Nc1ncnc3c1nc(-c1cnc(C)nc1)n3CC)CC2. The van der Waals surface area contributed by atoms with Crippen LogP contribution in [0.4, 0.5) is 5.82 Å². The van der Waals surface area contributed by atoms with Crippen LogP contribution >= 0.6 is 0 Å². The molecule has 0 bridgehead atoms. The molecule has 1 N–H and O–H groups in total. The van der Waals surface area contributed by atoms with Gasteiger partial charge in [0.1, 0.15) is 23.8 Å². The van der Waals surface area contributed by atoms with Gasteiger partial charge >= 0.3 is 0 Å². The molecular formula is C24H29N9. The first kappa shape index (κ1) is 20.3. The molecule has 0 aromatic carbocycles. The minimum atomic E-state index is 0.299. The van der Waals surface area contributed by atoms with Crippen LogP contribution in [-0.2, 0) is 25.8 Å². The van der Waals surface area contributed by atoms with Crippen LogP contribution in [0.2, 0.25) is 0 Å². The number of imidazole rings is 2. The molecule has 0 unspecified atom stereocenters. The molecule has 0 spiro atoms. The average Bonchev–Trinajstić information content (AvgIpc) is 3.49. The lowest BCUT2D eigenvalue weighted by Crippen LogP contribution is -2.29. The minimum Gasteiger partial charge on any atom is -0.365 e. The van der Waals surface area contributed by atoms with Gasteiger partial charge in [-0.2, -0.15) is 0 Å². The number of hydrogen-bond donors (Lipinski definition) is 1. The van der Waals surface area contributed by atoms with Crippen molar-refractivity contribution in [2.24, 2.45) is 0 Å². The minimum absolute atomic E-state index is 0.299. The van der Waals surface area contributed by atoms with Crippen molar-refractivity contribution in [1.82, 2.24) is 39.0 Å². The lowest BCUT2D eigenvalue weighted by Gasteiger charge is -2.25. The molecule has 6 rings (SSSR count). The Labute approximate surface area is 192 Å². The van der Waals surface area contributed by atoms with Crippen LogP contribution in [0.5, 0.6) is 0 Å². The molecule has 9 heteroatoms. The maximum atomic E-state index is 4.97. The first-order valence-electron chi connectivity index (χ1n) is 12.0. The summed E-state index contributed by atoms with van der Waals surface area (Å²) in [6, 6.07) is 0.952. The molecule has 2 aliphatic carbocycles. The molecule has 4 aromatic heterocycles. The average molecular weight is 444 g/mol. The van der Waals surface area contributed by atoms with Gasteiger partial charge in [0, 0.05) is 49.6 Å². The van der Waals surface area contributed by atoms with Gasteiger partial charge < -0.3 is 14.5 Å². The Morgan fingerprint density at radius 3 is 2.58 bits per heavy atom. The highest BCUT2D eigenvalue weighted by molar-refractivity contribution is 5.86. The highest BCUT2D eigenvalue weighted by Crippen LogP contribution is 2.40. The van der Waals surface area contributed by atoms with E-state index >= 15 is 0 Å². The molecule has 0 saturated heterocycles. The second-order valence-corrected chi connectivity index (χ2v) is 9.05. The van der Waals surface area contributed by atoms with Crippen molar-refractivity contribution in [3.8, 4) is 11.4 Å². The molecule has 33 heavy (non-hydrogen) atoms. The van der Waals surface area contributed by atoms with E-state index in [1.165, 1.54) is 30.1 Å². The maximum Gasteiger partial charge on any atom is 0.165 e. The summed E-state index contributed by atoms with van der Waals surface area (Å²) in [6.07, 6.45) is 11.8. The van der Waals surface area contributed by atoms with E-state index in [2.05, 4.69) is 48.2 Å². The first-order valence-corrected chi connectivity index (χ1v) is 12.0. The van der Waals surface area contributed by atoms with E-state index in [0.29, 0.717) is 12.1 Å². The summed E-state index contributed by atoms with van der Waals surface area (Å²) in [5.41, 5.74) is 5.22. The van der Waals surface area contributed by atoms with E-state index in [9.17, 15) is 0 Å². The van der Waals surface area contributed by atoms with Crippen LogP contribution in [0.3, 0.4) is 0 Å². The van der Waals surface area contributed by atoms with Crippen molar-refractivity contribution in [2.45, 2.75) is 77.9 Å². The van der Waals surface area contributed by atoms with Gasteiger partial charge in [-0.1, -0.05) is 6.92 Å². The fraction of sp³-hybridized carbons (Fsp3) is 0.500. The van der Waals surface area contributed by atoms with Crippen molar-refractivity contribution >= 4 is 17.0 Å². The van der Waals surface area contributed by atoms with Crippen molar-refractivity contribution in [3.63, 3.8) is 0 Å². The van der Waals surface area contributed by atoms with Crippen LogP contribution in [0.25, 0.3) is 22.6 Å². The number of aromatic nitrogens is 8. The molecule has 1 atom stereocenters. The van der Waals surface area contributed by atoms with Gasteiger partial charge in [0.25, 0.3) is 0 Å². The topological polar surface area (TPSA) is 99.2 Å². The summed E-state index contributed by atoms with van der Waals surface area (Å²) in [4.78, 5) is 27.8.